The first-order valence-electron chi connectivity index (χ1n) is 10.0. The summed E-state index contributed by atoms with van der Waals surface area (Å²) in [6.07, 6.45) is 2.06. The molecule has 3 heterocycles. The lowest BCUT2D eigenvalue weighted by Crippen LogP contribution is -2.24. The topological polar surface area (TPSA) is 56.6 Å². The molecule has 1 aromatic heterocycles. The van der Waals surface area contributed by atoms with Crippen LogP contribution in [0, 0.1) is 23.3 Å². The van der Waals surface area contributed by atoms with Crippen molar-refractivity contribution < 1.29 is 27.0 Å². The number of halogens is 4. The molecule has 0 amide bonds. The fraction of sp³-hybridized carbons (Fsp3) is 0.273. The average Bonchev–Trinajstić information content (AvgIpc) is 3.34. The summed E-state index contributed by atoms with van der Waals surface area (Å²) < 4.78 is 67.3. The van der Waals surface area contributed by atoms with Crippen LogP contribution in [0.4, 0.5) is 23.4 Å². The Morgan fingerprint density at radius 3 is 2.53 bits per heavy atom. The van der Waals surface area contributed by atoms with Crippen LogP contribution in [-0.4, -0.2) is 22.1 Å². The van der Waals surface area contributed by atoms with Gasteiger partial charge in [-0.05, 0) is 42.7 Å². The van der Waals surface area contributed by atoms with Crippen LogP contribution in [-0.2, 0) is 13.2 Å². The molecule has 6 nitrogen and oxygen atoms in total. The number of nitrogens with zero attached hydrogens (tertiary/aromatic N) is 3. The van der Waals surface area contributed by atoms with Crippen molar-refractivity contribution in [1.29, 1.82) is 0 Å². The van der Waals surface area contributed by atoms with Crippen LogP contribution < -0.4 is 20.1 Å². The van der Waals surface area contributed by atoms with E-state index < -0.39 is 34.7 Å². The number of fused-ring (bicyclic) bond motifs is 3. The molecule has 166 valence electrons. The summed E-state index contributed by atoms with van der Waals surface area (Å²) in [4.78, 5) is 18.3. The smallest absolute Gasteiger partial charge is 0.352 e. The Bertz CT molecular complexity index is 1240. The molecule has 1 atom stereocenters. The summed E-state index contributed by atoms with van der Waals surface area (Å²) in [5.41, 5.74) is -0.293. The van der Waals surface area contributed by atoms with Crippen LogP contribution in [0.25, 0.3) is 0 Å². The van der Waals surface area contributed by atoms with Crippen molar-refractivity contribution in [3.63, 3.8) is 0 Å². The van der Waals surface area contributed by atoms with Gasteiger partial charge < -0.3 is 14.4 Å². The number of aromatic nitrogens is 2. The molecular formula is C22H17F4N3O3. The lowest BCUT2D eigenvalue weighted by Gasteiger charge is -2.17. The average molecular weight is 447 g/mol. The summed E-state index contributed by atoms with van der Waals surface area (Å²) in [6, 6.07) is 6.46. The van der Waals surface area contributed by atoms with Crippen molar-refractivity contribution in [2.45, 2.75) is 32.0 Å². The largest absolute Gasteiger partial charge is 0.473 e. The predicted molar refractivity (Wildman–Crippen MR) is 106 cm³/mol. The normalized spacial score (nSPS) is 16.8. The highest BCUT2D eigenvalue weighted by Crippen LogP contribution is 2.33. The van der Waals surface area contributed by atoms with Gasteiger partial charge in [-0.1, -0.05) is 0 Å². The van der Waals surface area contributed by atoms with E-state index in [9.17, 15) is 22.4 Å². The maximum atomic E-state index is 14.4. The van der Waals surface area contributed by atoms with Gasteiger partial charge >= 0.3 is 5.69 Å². The molecule has 3 aromatic rings. The van der Waals surface area contributed by atoms with Crippen LogP contribution in [0.2, 0.25) is 0 Å². The van der Waals surface area contributed by atoms with Gasteiger partial charge in [-0.15, -0.1) is 0 Å². The van der Waals surface area contributed by atoms with E-state index in [4.69, 9.17) is 9.47 Å². The van der Waals surface area contributed by atoms with Gasteiger partial charge in [0.05, 0.1) is 0 Å². The quantitative estimate of drug-likeness (QED) is 0.550. The zero-order valence-corrected chi connectivity index (χ0v) is 16.7. The van der Waals surface area contributed by atoms with Gasteiger partial charge in [0.25, 0.3) is 0 Å². The molecule has 1 saturated heterocycles. The Kier molecular flexibility index (Phi) is 4.99. The highest BCUT2D eigenvalue weighted by molar-refractivity contribution is 5.48. The number of anilines is 1. The summed E-state index contributed by atoms with van der Waals surface area (Å²) in [5, 5.41) is 0. The zero-order valence-electron chi connectivity index (χ0n) is 16.7. The molecule has 0 bridgehead atoms. The number of rotatable bonds is 5. The molecular weight excluding hydrogens is 430 g/mol. The van der Waals surface area contributed by atoms with E-state index in [1.165, 1.54) is 0 Å². The predicted octanol–water partition coefficient (Wildman–Crippen LogP) is 4.15. The van der Waals surface area contributed by atoms with Crippen LogP contribution in [0.1, 0.15) is 18.4 Å². The number of hydrogen-bond donors (Lipinski definition) is 0. The minimum atomic E-state index is -1.20. The maximum Gasteiger partial charge on any atom is 0.352 e. The third kappa shape index (κ3) is 3.65. The third-order valence-corrected chi connectivity index (χ3v) is 5.59. The molecule has 1 fully saturated rings. The molecule has 2 aliphatic heterocycles. The lowest BCUT2D eigenvalue weighted by atomic mass is 10.2. The van der Waals surface area contributed by atoms with Gasteiger partial charge in [0.15, 0.2) is 29.0 Å². The molecule has 0 saturated carbocycles. The lowest BCUT2D eigenvalue weighted by molar-refractivity contribution is 0.289. The molecule has 2 aromatic carbocycles. The van der Waals surface area contributed by atoms with E-state index in [-0.39, 0.29) is 29.8 Å². The van der Waals surface area contributed by atoms with Crippen molar-refractivity contribution in [1.82, 2.24) is 9.55 Å². The minimum Gasteiger partial charge on any atom is -0.473 e. The van der Waals surface area contributed by atoms with E-state index >= 15 is 0 Å². The van der Waals surface area contributed by atoms with Crippen molar-refractivity contribution in [3.05, 3.63) is 75.7 Å². The van der Waals surface area contributed by atoms with Crippen molar-refractivity contribution in [2.24, 2.45) is 0 Å². The molecule has 0 aliphatic carbocycles. The van der Waals surface area contributed by atoms with Gasteiger partial charge in [-0.25, -0.2) is 22.4 Å². The minimum absolute atomic E-state index is 0.0664. The second-order valence-corrected chi connectivity index (χ2v) is 7.69. The van der Waals surface area contributed by atoms with Crippen LogP contribution in [0.5, 0.6) is 17.4 Å². The van der Waals surface area contributed by atoms with Crippen molar-refractivity contribution in [3.8, 4) is 17.4 Å². The van der Waals surface area contributed by atoms with E-state index in [0.29, 0.717) is 12.6 Å². The monoisotopic (exact) mass is 447 g/mol. The second kappa shape index (κ2) is 7.85. The van der Waals surface area contributed by atoms with E-state index in [1.54, 1.807) is 10.6 Å². The molecule has 32 heavy (non-hydrogen) atoms. The fourth-order valence-corrected chi connectivity index (χ4v) is 4.10. The Labute approximate surface area is 179 Å². The fourth-order valence-electron chi connectivity index (χ4n) is 4.10. The molecule has 2 aliphatic rings. The summed E-state index contributed by atoms with van der Waals surface area (Å²) in [5.74, 6) is -4.61. The Morgan fingerprint density at radius 2 is 1.78 bits per heavy atom. The van der Waals surface area contributed by atoms with Crippen LogP contribution >= 0.6 is 0 Å². The first kappa shape index (κ1) is 20.3. The van der Waals surface area contributed by atoms with Gasteiger partial charge in [-0.2, -0.15) is 4.98 Å². The first-order valence-corrected chi connectivity index (χ1v) is 10.0. The standard InChI is InChI=1S/C22H17F4N3O3/c23-15-4-3-14(8-16(15)24)32-21-17(25)6-12(7-18(21)26)11-31-19-9-20-28-5-1-2-13(28)10-29(20)22(30)27-19/h3-4,6-9,13H,1-2,5,10-11H2/t13-/m0/s1. The van der Waals surface area contributed by atoms with Gasteiger partial charge in [-0.3, -0.25) is 4.57 Å². The number of benzene rings is 2. The van der Waals surface area contributed by atoms with Gasteiger partial charge in [0.1, 0.15) is 18.2 Å². The molecule has 10 heteroatoms. The summed E-state index contributed by atoms with van der Waals surface area (Å²) in [6.45, 7) is 1.21. The first-order chi connectivity index (χ1) is 15.4. The Hall–Kier alpha value is -3.56. The molecule has 0 radical (unpaired) electrons. The van der Waals surface area contributed by atoms with Crippen LogP contribution in [0.3, 0.4) is 0 Å². The molecule has 0 unspecified atom stereocenters. The highest BCUT2D eigenvalue weighted by Gasteiger charge is 2.34. The third-order valence-electron chi connectivity index (χ3n) is 5.59. The van der Waals surface area contributed by atoms with Crippen molar-refractivity contribution >= 4 is 5.82 Å². The zero-order chi connectivity index (χ0) is 22.4. The summed E-state index contributed by atoms with van der Waals surface area (Å²) in [7, 11) is 0. The Balaban J connectivity index is 1.32. The van der Waals surface area contributed by atoms with E-state index in [1.807, 2.05) is 0 Å². The number of ether oxygens (including phenoxy) is 2. The maximum absolute atomic E-state index is 14.4. The van der Waals surface area contributed by atoms with Gasteiger partial charge in [0, 0.05) is 31.3 Å². The highest BCUT2D eigenvalue weighted by atomic mass is 19.2. The second-order valence-electron chi connectivity index (χ2n) is 7.69. The van der Waals surface area contributed by atoms with E-state index in [0.717, 1.165) is 49.5 Å². The van der Waals surface area contributed by atoms with Crippen LogP contribution in [0.15, 0.2) is 41.2 Å². The van der Waals surface area contributed by atoms with E-state index in [2.05, 4.69) is 9.88 Å². The SMILES string of the molecule is O=c1nc(OCc2cc(F)c(Oc3ccc(F)c(F)c3)c(F)c2)cc2n1C[C@@H]1CCCN21. The molecule has 0 N–H and O–H groups in total. The van der Waals surface area contributed by atoms with Gasteiger partial charge in [0.2, 0.25) is 5.88 Å². The Morgan fingerprint density at radius 1 is 1.00 bits per heavy atom. The number of hydrogen-bond acceptors (Lipinski definition) is 5. The molecule has 0 spiro atoms. The summed E-state index contributed by atoms with van der Waals surface area (Å²) >= 11 is 0. The van der Waals surface area contributed by atoms with Crippen molar-refractivity contribution in [2.75, 3.05) is 11.4 Å². The molecule has 5 rings (SSSR count).